The van der Waals surface area contributed by atoms with E-state index in [9.17, 15) is 4.39 Å². The van der Waals surface area contributed by atoms with Gasteiger partial charge in [-0.1, -0.05) is 17.7 Å². The first kappa shape index (κ1) is 11.9. The second kappa shape index (κ2) is 5.15. The van der Waals surface area contributed by atoms with Gasteiger partial charge in [0.05, 0.1) is 6.20 Å². The third-order valence-electron chi connectivity index (χ3n) is 2.43. The molecule has 0 fully saturated rings. The molecule has 1 aromatic carbocycles. The van der Waals surface area contributed by atoms with Crippen LogP contribution in [0.5, 0.6) is 0 Å². The summed E-state index contributed by atoms with van der Waals surface area (Å²) in [6.07, 6.45) is 2.82. The molecule has 2 rings (SSSR count). The highest BCUT2D eigenvalue weighted by atomic mass is 35.5. The Morgan fingerprint density at radius 3 is 2.82 bits per heavy atom. The number of aromatic nitrogens is 1. The lowest BCUT2D eigenvalue weighted by atomic mass is 10.2. The molecule has 0 saturated heterocycles. The molecule has 0 amide bonds. The molecule has 88 valence electrons. The zero-order valence-electron chi connectivity index (χ0n) is 9.37. The minimum Gasteiger partial charge on any atom is -0.381 e. The Balaban J connectivity index is 2.05. The van der Waals surface area contributed by atoms with Gasteiger partial charge in [-0.05, 0) is 36.2 Å². The van der Waals surface area contributed by atoms with Crippen molar-refractivity contribution < 1.29 is 4.39 Å². The van der Waals surface area contributed by atoms with Gasteiger partial charge in [-0.3, -0.25) is 4.98 Å². The van der Waals surface area contributed by atoms with Crippen molar-refractivity contribution in [1.29, 1.82) is 0 Å². The number of pyridine rings is 1. The molecule has 0 radical (unpaired) electrons. The monoisotopic (exact) mass is 250 g/mol. The fraction of sp³-hybridized carbons (Fsp3) is 0.154. The van der Waals surface area contributed by atoms with Gasteiger partial charge in [0.25, 0.3) is 0 Å². The van der Waals surface area contributed by atoms with Crippen molar-refractivity contribution in [3.05, 3.63) is 58.6 Å². The van der Waals surface area contributed by atoms with E-state index in [1.54, 1.807) is 6.20 Å². The van der Waals surface area contributed by atoms with Gasteiger partial charge in [0.15, 0.2) is 0 Å². The number of nitrogens with zero attached hydrogens (tertiary/aromatic N) is 1. The number of halogens is 2. The Labute approximate surface area is 104 Å². The van der Waals surface area contributed by atoms with Gasteiger partial charge in [0, 0.05) is 23.5 Å². The maximum atomic E-state index is 12.9. The summed E-state index contributed by atoms with van der Waals surface area (Å²) in [5.41, 5.74) is 2.73. The number of hydrogen-bond acceptors (Lipinski definition) is 2. The first-order valence-electron chi connectivity index (χ1n) is 5.24. The van der Waals surface area contributed by atoms with E-state index in [0.717, 1.165) is 16.8 Å². The first-order valence-corrected chi connectivity index (χ1v) is 5.62. The summed E-state index contributed by atoms with van der Waals surface area (Å²) < 4.78 is 12.9. The van der Waals surface area contributed by atoms with Crippen LogP contribution >= 0.6 is 11.6 Å². The van der Waals surface area contributed by atoms with Crippen LogP contribution < -0.4 is 5.32 Å². The Morgan fingerprint density at radius 2 is 2.12 bits per heavy atom. The molecule has 0 aliphatic heterocycles. The molecule has 0 atom stereocenters. The normalized spacial score (nSPS) is 10.3. The van der Waals surface area contributed by atoms with E-state index in [2.05, 4.69) is 10.3 Å². The summed E-state index contributed by atoms with van der Waals surface area (Å²) in [5.74, 6) is -0.328. The smallest absolute Gasteiger partial charge is 0.141 e. The molecule has 0 saturated carbocycles. The van der Waals surface area contributed by atoms with Crippen LogP contribution in [0.25, 0.3) is 0 Å². The number of nitrogens with one attached hydrogen (secondary N) is 1. The van der Waals surface area contributed by atoms with Crippen molar-refractivity contribution in [3.8, 4) is 0 Å². The van der Waals surface area contributed by atoms with Crippen LogP contribution in [0.2, 0.25) is 5.02 Å². The van der Waals surface area contributed by atoms with Gasteiger partial charge in [0.1, 0.15) is 5.82 Å². The lowest BCUT2D eigenvalue weighted by molar-refractivity contribution is 0.619. The molecule has 0 spiro atoms. The quantitative estimate of drug-likeness (QED) is 0.896. The highest BCUT2D eigenvalue weighted by Gasteiger charge is 1.99. The molecule has 1 heterocycles. The molecule has 0 unspecified atom stereocenters. The van der Waals surface area contributed by atoms with Crippen LogP contribution in [0.15, 0.2) is 36.7 Å². The van der Waals surface area contributed by atoms with Crippen LogP contribution in [-0.4, -0.2) is 4.98 Å². The average Bonchev–Trinajstić information content (AvgIpc) is 2.31. The maximum absolute atomic E-state index is 12.9. The van der Waals surface area contributed by atoms with Crippen LogP contribution in [-0.2, 0) is 6.54 Å². The zero-order chi connectivity index (χ0) is 12.3. The fourth-order valence-corrected chi connectivity index (χ4v) is 1.64. The molecule has 0 bridgehead atoms. The van der Waals surface area contributed by atoms with E-state index in [1.165, 1.54) is 12.3 Å². The Hall–Kier alpha value is -1.61. The lowest BCUT2D eigenvalue weighted by Crippen LogP contribution is -2.00. The topological polar surface area (TPSA) is 24.9 Å². The second-order valence-electron chi connectivity index (χ2n) is 3.83. The molecular formula is C13H12ClFN2. The van der Waals surface area contributed by atoms with Gasteiger partial charge in [-0.2, -0.15) is 0 Å². The van der Waals surface area contributed by atoms with Crippen molar-refractivity contribution in [2.24, 2.45) is 0 Å². The van der Waals surface area contributed by atoms with E-state index in [-0.39, 0.29) is 5.82 Å². The van der Waals surface area contributed by atoms with Gasteiger partial charge in [-0.25, -0.2) is 4.39 Å². The third kappa shape index (κ3) is 3.17. The Morgan fingerprint density at radius 1 is 1.29 bits per heavy atom. The Bertz CT molecular complexity index is 529. The summed E-state index contributed by atoms with van der Waals surface area (Å²) in [6.45, 7) is 2.47. The molecule has 4 heteroatoms. The largest absolute Gasteiger partial charge is 0.381 e. The third-order valence-corrected chi connectivity index (χ3v) is 2.84. The number of rotatable bonds is 3. The van der Waals surface area contributed by atoms with Crippen molar-refractivity contribution >= 4 is 17.3 Å². The molecule has 1 N–H and O–H groups in total. The van der Waals surface area contributed by atoms with E-state index < -0.39 is 0 Å². The van der Waals surface area contributed by atoms with Gasteiger partial charge >= 0.3 is 0 Å². The van der Waals surface area contributed by atoms with Crippen molar-refractivity contribution in [3.63, 3.8) is 0 Å². The van der Waals surface area contributed by atoms with Crippen LogP contribution in [0.3, 0.4) is 0 Å². The van der Waals surface area contributed by atoms with Crippen molar-refractivity contribution in [2.45, 2.75) is 13.5 Å². The maximum Gasteiger partial charge on any atom is 0.141 e. The van der Waals surface area contributed by atoms with Crippen LogP contribution in [0, 0.1) is 12.7 Å². The zero-order valence-corrected chi connectivity index (χ0v) is 10.1. The van der Waals surface area contributed by atoms with E-state index in [0.29, 0.717) is 11.6 Å². The van der Waals surface area contributed by atoms with Crippen LogP contribution in [0.4, 0.5) is 10.1 Å². The van der Waals surface area contributed by atoms with Crippen LogP contribution in [0.1, 0.15) is 11.1 Å². The summed E-state index contributed by atoms with van der Waals surface area (Å²) in [4.78, 5) is 3.79. The molecule has 0 aliphatic carbocycles. The summed E-state index contributed by atoms with van der Waals surface area (Å²) in [7, 11) is 0. The molecular weight excluding hydrogens is 239 g/mol. The molecule has 0 aliphatic rings. The van der Waals surface area contributed by atoms with Crippen molar-refractivity contribution in [2.75, 3.05) is 5.32 Å². The van der Waals surface area contributed by atoms with E-state index >= 15 is 0 Å². The first-order chi connectivity index (χ1) is 8.15. The number of benzene rings is 1. The molecule has 17 heavy (non-hydrogen) atoms. The predicted molar refractivity (Wildman–Crippen MR) is 67.7 cm³/mol. The van der Waals surface area contributed by atoms with Gasteiger partial charge in [-0.15, -0.1) is 0 Å². The predicted octanol–water partition coefficient (Wildman–Crippen LogP) is 3.79. The van der Waals surface area contributed by atoms with Gasteiger partial charge in [0.2, 0.25) is 0 Å². The van der Waals surface area contributed by atoms with Crippen molar-refractivity contribution in [1.82, 2.24) is 4.98 Å². The Kier molecular flexibility index (Phi) is 3.59. The molecule has 2 aromatic rings. The summed E-state index contributed by atoms with van der Waals surface area (Å²) in [5, 5.41) is 3.88. The fourth-order valence-electron chi connectivity index (χ4n) is 1.46. The summed E-state index contributed by atoms with van der Waals surface area (Å²) in [6, 6.07) is 7.18. The summed E-state index contributed by atoms with van der Waals surface area (Å²) >= 11 is 6.01. The molecule has 2 nitrogen and oxygen atoms in total. The van der Waals surface area contributed by atoms with E-state index in [1.807, 2.05) is 25.1 Å². The van der Waals surface area contributed by atoms with E-state index in [4.69, 9.17) is 11.6 Å². The lowest BCUT2D eigenvalue weighted by Gasteiger charge is -2.07. The number of anilines is 1. The minimum atomic E-state index is -0.328. The average molecular weight is 251 g/mol. The standard InChI is InChI=1S/C13H12ClFN2/c1-9-2-3-12(5-13(9)14)17-7-10-4-11(15)8-16-6-10/h2-6,8,17H,7H2,1H3. The highest BCUT2D eigenvalue weighted by Crippen LogP contribution is 2.20. The molecule has 1 aromatic heterocycles. The second-order valence-corrected chi connectivity index (χ2v) is 4.24. The number of hydrogen-bond donors (Lipinski definition) is 1. The van der Waals surface area contributed by atoms with Gasteiger partial charge < -0.3 is 5.32 Å². The highest BCUT2D eigenvalue weighted by molar-refractivity contribution is 6.31. The number of aryl methyl sites for hydroxylation is 1. The minimum absolute atomic E-state index is 0.328. The SMILES string of the molecule is Cc1ccc(NCc2cncc(F)c2)cc1Cl.